The number of morpholine rings is 1. The summed E-state index contributed by atoms with van der Waals surface area (Å²) in [5, 5.41) is 9.73. The van der Waals surface area contributed by atoms with Gasteiger partial charge in [0.25, 0.3) is 5.91 Å². The fourth-order valence-corrected chi connectivity index (χ4v) is 3.94. The van der Waals surface area contributed by atoms with Crippen molar-refractivity contribution in [1.82, 2.24) is 20.9 Å². The first-order valence-electron chi connectivity index (χ1n) is 11.2. The zero-order valence-electron chi connectivity index (χ0n) is 19.4. The summed E-state index contributed by atoms with van der Waals surface area (Å²) in [5.41, 5.74) is 0.850. The molecule has 1 fully saturated rings. The van der Waals surface area contributed by atoms with Gasteiger partial charge in [0.2, 0.25) is 0 Å². The third-order valence-corrected chi connectivity index (χ3v) is 5.81. The molecule has 1 amide bonds. The van der Waals surface area contributed by atoms with Gasteiger partial charge in [0, 0.05) is 51.4 Å². The van der Waals surface area contributed by atoms with Crippen LogP contribution in [-0.2, 0) is 4.74 Å². The normalized spacial score (nSPS) is 16.0. The van der Waals surface area contributed by atoms with Gasteiger partial charge in [0.15, 0.2) is 11.7 Å². The molecule has 178 valence electrons. The lowest BCUT2D eigenvalue weighted by molar-refractivity contribution is 0.00272. The van der Waals surface area contributed by atoms with Crippen LogP contribution < -0.4 is 16.0 Å². The van der Waals surface area contributed by atoms with Gasteiger partial charge in [-0.05, 0) is 25.3 Å². The largest absolute Gasteiger partial charge is 0.459 e. The summed E-state index contributed by atoms with van der Waals surface area (Å²) in [5.74, 6) is 1.66. The van der Waals surface area contributed by atoms with Crippen LogP contribution in [0.5, 0.6) is 0 Å². The van der Waals surface area contributed by atoms with Gasteiger partial charge in [-0.15, -0.1) is 24.0 Å². The summed E-state index contributed by atoms with van der Waals surface area (Å²) in [6, 6.07) is 2.26. The second kappa shape index (κ2) is 15.5. The quantitative estimate of drug-likeness (QED) is 0.170. The number of carbonyl (C=O) groups is 1. The number of furan rings is 1. The Morgan fingerprint density at radius 2 is 1.84 bits per heavy atom. The lowest BCUT2D eigenvalue weighted by Gasteiger charge is -2.39. The lowest BCUT2D eigenvalue weighted by atomic mass is 9.92. The summed E-state index contributed by atoms with van der Waals surface area (Å²) in [6.45, 7) is 12.2. The van der Waals surface area contributed by atoms with E-state index in [-0.39, 0.29) is 29.9 Å². The molecule has 0 aliphatic carbocycles. The highest BCUT2D eigenvalue weighted by atomic mass is 127. The van der Waals surface area contributed by atoms with Gasteiger partial charge in [-0.25, -0.2) is 0 Å². The molecule has 0 aromatic carbocycles. The molecule has 2 rings (SSSR count). The highest BCUT2D eigenvalue weighted by Crippen LogP contribution is 2.19. The summed E-state index contributed by atoms with van der Waals surface area (Å²) in [4.78, 5) is 19.0. The van der Waals surface area contributed by atoms with Gasteiger partial charge < -0.3 is 25.1 Å². The van der Waals surface area contributed by atoms with Gasteiger partial charge in [0.05, 0.1) is 19.5 Å². The topological polar surface area (TPSA) is 91.1 Å². The van der Waals surface area contributed by atoms with Crippen LogP contribution in [0.4, 0.5) is 0 Å². The van der Waals surface area contributed by atoms with Crippen LogP contribution >= 0.6 is 24.0 Å². The minimum absolute atomic E-state index is 0. The van der Waals surface area contributed by atoms with E-state index >= 15 is 0 Å². The fourth-order valence-electron chi connectivity index (χ4n) is 3.94. The van der Waals surface area contributed by atoms with Gasteiger partial charge in [-0.1, -0.05) is 26.7 Å². The third kappa shape index (κ3) is 8.97. The van der Waals surface area contributed by atoms with Crippen LogP contribution in [0.25, 0.3) is 0 Å². The van der Waals surface area contributed by atoms with E-state index in [4.69, 9.17) is 9.15 Å². The Morgan fingerprint density at radius 1 is 1.16 bits per heavy atom. The standard InChI is InChI=1S/C22H39N5O3.HI/c1-5-18(6-2)19(27-11-14-29-15-12-27)16-26-22(23-4)25-10-7-9-24-21(28)20-17(3)8-13-30-20;/h8,13,18-19H,5-7,9-12,14-16H2,1-4H3,(H,24,28)(H2,23,25,26);1H. The molecule has 3 N–H and O–H groups in total. The first-order valence-corrected chi connectivity index (χ1v) is 11.2. The molecule has 0 bridgehead atoms. The molecule has 31 heavy (non-hydrogen) atoms. The number of amides is 1. The lowest BCUT2D eigenvalue weighted by Crippen LogP contribution is -2.53. The summed E-state index contributed by atoms with van der Waals surface area (Å²) in [6.07, 6.45) is 4.67. The number of halogens is 1. The first-order chi connectivity index (χ1) is 14.6. The molecule has 1 aromatic rings. The number of nitrogens with zero attached hydrogens (tertiary/aromatic N) is 2. The number of carbonyl (C=O) groups excluding carboxylic acids is 1. The molecule has 1 unspecified atom stereocenters. The maximum atomic E-state index is 12.1. The maximum absolute atomic E-state index is 12.1. The van der Waals surface area contributed by atoms with Crippen molar-refractivity contribution < 1.29 is 13.9 Å². The van der Waals surface area contributed by atoms with Crippen molar-refractivity contribution in [2.24, 2.45) is 10.9 Å². The zero-order valence-corrected chi connectivity index (χ0v) is 21.7. The van der Waals surface area contributed by atoms with Crippen LogP contribution in [0.15, 0.2) is 21.7 Å². The number of ether oxygens (including phenoxy) is 1. The van der Waals surface area contributed by atoms with E-state index in [0.29, 0.717) is 24.3 Å². The van der Waals surface area contributed by atoms with Crippen molar-refractivity contribution in [3.05, 3.63) is 23.7 Å². The molecule has 1 saturated heterocycles. The first kappa shape index (κ1) is 27.7. The van der Waals surface area contributed by atoms with Gasteiger partial charge in [-0.3, -0.25) is 14.7 Å². The van der Waals surface area contributed by atoms with E-state index in [1.807, 2.05) is 6.92 Å². The SMILES string of the molecule is CCC(CC)C(CNC(=NC)NCCCNC(=O)c1occc1C)N1CCOCC1.I. The Kier molecular flexibility index (Phi) is 13.8. The van der Waals surface area contributed by atoms with E-state index in [1.54, 1.807) is 13.1 Å². The second-order valence-corrected chi connectivity index (χ2v) is 7.71. The highest BCUT2D eigenvalue weighted by Gasteiger charge is 2.27. The van der Waals surface area contributed by atoms with Crippen LogP contribution in [0.1, 0.15) is 49.2 Å². The van der Waals surface area contributed by atoms with E-state index in [2.05, 4.69) is 39.7 Å². The van der Waals surface area contributed by atoms with Crippen molar-refractivity contribution in [3.8, 4) is 0 Å². The molecule has 1 aromatic heterocycles. The van der Waals surface area contributed by atoms with Crippen molar-refractivity contribution in [3.63, 3.8) is 0 Å². The zero-order chi connectivity index (χ0) is 21.8. The molecule has 8 nitrogen and oxygen atoms in total. The van der Waals surface area contributed by atoms with Crippen molar-refractivity contribution in [2.45, 2.75) is 46.1 Å². The monoisotopic (exact) mass is 549 g/mol. The average molecular weight is 549 g/mol. The smallest absolute Gasteiger partial charge is 0.287 e. The fraction of sp³-hybridized carbons (Fsp3) is 0.727. The van der Waals surface area contributed by atoms with E-state index < -0.39 is 0 Å². The summed E-state index contributed by atoms with van der Waals surface area (Å²) >= 11 is 0. The molecule has 2 heterocycles. The average Bonchev–Trinajstić information content (AvgIpc) is 3.21. The number of guanidine groups is 1. The van der Waals surface area contributed by atoms with Gasteiger partial charge in [-0.2, -0.15) is 0 Å². The number of aryl methyl sites for hydroxylation is 1. The Morgan fingerprint density at radius 3 is 2.42 bits per heavy atom. The second-order valence-electron chi connectivity index (χ2n) is 7.71. The highest BCUT2D eigenvalue weighted by molar-refractivity contribution is 14.0. The molecule has 1 aliphatic heterocycles. The third-order valence-electron chi connectivity index (χ3n) is 5.81. The van der Waals surface area contributed by atoms with Crippen LogP contribution in [-0.4, -0.2) is 75.8 Å². The van der Waals surface area contributed by atoms with E-state index in [9.17, 15) is 4.79 Å². The molecule has 9 heteroatoms. The van der Waals surface area contributed by atoms with Crippen molar-refractivity contribution in [2.75, 3.05) is 53.0 Å². The van der Waals surface area contributed by atoms with E-state index in [0.717, 1.165) is 57.3 Å². The Hall–Kier alpha value is -1.33. The molecule has 1 atom stereocenters. The molecular weight excluding hydrogens is 509 g/mol. The van der Waals surface area contributed by atoms with Gasteiger partial charge in [0.1, 0.15) is 0 Å². The Bertz CT molecular complexity index is 657. The van der Waals surface area contributed by atoms with Crippen molar-refractivity contribution >= 4 is 35.8 Å². The minimum Gasteiger partial charge on any atom is -0.459 e. The number of nitrogens with one attached hydrogen (secondary N) is 3. The summed E-state index contributed by atoms with van der Waals surface area (Å²) < 4.78 is 10.7. The number of hydrogen-bond acceptors (Lipinski definition) is 5. The number of rotatable bonds is 11. The van der Waals surface area contributed by atoms with Crippen molar-refractivity contribution in [1.29, 1.82) is 0 Å². The maximum Gasteiger partial charge on any atom is 0.287 e. The molecule has 0 spiro atoms. The van der Waals surface area contributed by atoms with E-state index in [1.165, 1.54) is 19.1 Å². The Labute approximate surface area is 204 Å². The predicted molar refractivity (Wildman–Crippen MR) is 135 cm³/mol. The minimum atomic E-state index is -0.168. The van der Waals surface area contributed by atoms with Crippen LogP contribution in [0.3, 0.4) is 0 Å². The predicted octanol–water partition coefficient (Wildman–Crippen LogP) is 2.63. The molecule has 1 aliphatic rings. The molecular formula is C22H40IN5O3. The van der Waals surface area contributed by atoms with Crippen LogP contribution in [0, 0.1) is 12.8 Å². The summed E-state index contributed by atoms with van der Waals surface area (Å²) in [7, 11) is 1.79. The Balaban J connectivity index is 0.00000480. The number of aliphatic imine (C=N–C) groups is 1. The molecule has 0 radical (unpaired) electrons. The van der Waals surface area contributed by atoms with Crippen LogP contribution in [0.2, 0.25) is 0 Å². The molecule has 0 saturated carbocycles. The van der Waals surface area contributed by atoms with Gasteiger partial charge >= 0.3 is 0 Å². The number of hydrogen-bond donors (Lipinski definition) is 3.